The van der Waals surface area contributed by atoms with Crippen molar-refractivity contribution in [2.75, 3.05) is 20.3 Å². The summed E-state index contributed by atoms with van der Waals surface area (Å²) >= 11 is 0. The molecule has 2 heterocycles. The Morgan fingerprint density at radius 3 is 3.00 bits per heavy atom. The summed E-state index contributed by atoms with van der Waals surface area (Å²) in [6, 6.07) is 3.29. The summed E-state index contributed by atoms with van der Waals surface area (Å²) in [4.78, 5) is 29.5. The second-order valence-electron chi connectivity index (χ2n) is 5.50. The van der Waals surface area contributed by atoms with E-state index in [1.807, 2.05) is 4.90 Å². The molecule has 0 spiro atoms. The molecule has 0 aromatic heterocycles. The van der Waals surface area contributed by atoms with Gasteiger partial charge in [-0.15, -0.1) is 0 Å². The maximum Gasteiger partial charge on any atom is 0.306 e. The van der Waals surface area contributed by atoms with Gasteiger partial charge < -0.3 is 19.5 Å². The number of benzene rings is 1. The van der Waals surface area contributed by atoms with Gasteiger partial charge in [-0.25, -0.2) is 0 Å². The van der Waals surface area contributed by atoms with Gasteiger partial charge in [0, 0.05) is 18.8 Å². The molecule has 3 rings (SSSR count). The molecule has 1 fully saturated rings. The van der Waals surface area contributed by atoms with Crippen LogP contribution < -0.4 is 9.47 Å². The first-order valence-corrected chi connectivity index (χ1v) is 7.52. The van der Waals surface area contributed by atoms with Gasteiger partial charge in [0.2, 0.25) is 0 Å². The number of fused-ring (bicyclic) bond motifs is 2. The van der Waals surface area contributed by atoms with E-state index in [4.69, 9.17) is 14.6 Å². The minimum Gasteiger partial charge on any atom is -0.493 e. The Kier molecular flexibility index (Phi) is 4.18. The highest BCUT2D eigenvalue weighted by Gasteiger charge is 2.32. The second-order valence-corrected chi connectivity index (χ2v) is 5.50. The topological polar surface area (TPSA) is 88.4 Å². The number of methoxy groups -OCH3 is 1. The van der Waals surface area contributed by atoms with Crippen molar-refractivity contribution in [3.63, 3.8) is 0 Å². The fourth-order valence-electron chi connectivity index (χ4n) is 2.87. The third kappa shape index (κ3) is 2.99. The summed E-state index contributed by atoms with van der Waals surface area (Å²) in [7, 11) is 1.48. The number of carboxylic acid groups (broad SMARTS) is 1. The number of carbonyl (C=O) groups is 2. The Labute approximate surface area is 133 Å². The van der Waals surface area contributed by atoms with Gasteiger partial charge in [0.1, 0.15) is 0 Å². The third-order valence-corrected chi connectivity index (χ3v) is 4.03. The number of carboxylic acids is 1. The van der Waals surface area contributed by atoms with Crippen LogP contribution in [0.1, 0.15) is 29.6 Å². The summed E-state index contributed by atoms with van der Waals surface area (Å²) < 4.78 is 10.7. The van der Waals surface area contributed by atoms with Crippen LogP contribution in [0, 0.1) is 0 Å². The first kappa shape index (κ1) is 15.3. The molecular formula is C16H18N2O5. The average molecular weight is 318 g/mol. The number of hydrogen-bond donors (Lipinski definition) is 1. The van der Waals surface area contributed by atoms with Gasteiger partial charge in [-0.2, -0.15) is 0 Å². The van der Waals surface area contributed by atoms with Gasteiger partial charge in [-0.1, -0.05) is 0 Å². The minimum atomic E-state index is -0.937. The SMILES string of the molecule is COc1cc2c(cc1OCCC(=O)O)N=C[C@@H]1CCCN1C2=O. The number of aliphatic imine (C=N–C) groups is 1. The van der Waals surface area contributed by atoms with Crippen molar-refractivity contribution in [2.24, 2.45) is 4.99 Å². The van der Waals surface area contributed by atoms with E-state index in [1.54, 1.807) is 18.3 Å². The molecule has 2 aliphatic heterocycles. The lowest BCUT2D eigenvalue weighted by Crippen LogP contribution is -2.35. The molecule has 122 valence electrons. The van der Waals surface area contributed by atoms with E-state index in [0.29, 0.717) is 22.7 Å². The van der Waals surface area contributed by atoms with E-state index >= 15 is 0 Å². The molecule has 0 radical (unpaired) electrons. The summed E-state index contributed by atoms with van der Waals surface area (Å²) in [5.74, 6) is -0.210. The number of hydrogen-bond acceptors (Lipinski definition) is 5. The van der Waals surface area contributed by atoms with Crippen LogP contribution in [-0.2, 0) is 4.79 Å². The lowest BCUT2D eigenvalue weighted by molar-refractivity contribution is -0.137. The molecule has 0 unspecified atom stereocenters. The monoisotopic (exact) mass is 318 g/mol. The van der Waals surface area contributed by atoms with Crippen LogP contribution in [0.5, 0.6) is 11.5 Å². The lowest BCUT2D eigenvalue weighted by Gasteiger charge is -2.20. The van der Waals surface area contributed by atoms with Crippen LogP contribution >= 0.6 is 0 Å². The zero-order valence-corrected chi connectivity index (χ0v) is 12.8. The normalized spacial score (nSPS) is 19.1. The van der Waals surface area contributed by atoms with Crippen molar-refractivity contribution in [3.8, 4) is 11.5 Å². The molecule has 2 aliphatic rings. The molecule has 7 heteroatoms. The summed E-state index contributed by atoms with van der Waals surface area (Å²) in [6.45, 7) is 0.755. The molecule has 1 atom stereocenters. The molecule has 1 amide bonds. The Hall–Kier alpha value is -2.57. The molecule has 7 nitrogen and oxygen atoms in total. The van der Waals surface area contributed by atoms with Gasteiger partial charge >= 0.3 is 5.97 Å². The number of nitrogens with zero attached hydrogens (tertiary/aromatic N) is 2. The summed E-state index contributed by atoms with van der Waals surface area (Å²) in [6.07, 6.45) is 3.58. The van der Waals surface area contributed by atoms with E-state index < -0.39 is 5.97 Å². The van der Waals surface area contributed by atoms with Crippen molar-refractivity contribution in [1.82, 2.24) is 4.90 Å². The minimum absolute atomic E-state index is 0.0247. The number of amides is 1. The van der Waals surface area contributed by atoms with Gasteiger partial charge in [0.15, 0.2) is 11.5 Å². The highest BCUT2D eigenvalue weighted by Crippen LogP contribution is 2.38. The molecule has 1 saturated heterocycles. The fraction of sp³-hybridized carbons (Fsp3) is 0.438. The zero-order valence-electron chi connectivity index (χ0n) is 12.8. The fourth-order valence-corrected chi connectivity index (χ4v) is 2.87. The Morgan fingerprint density at radius 1 is 1.43 bits per heavy atom. The van der Waals surface area contributed by atoms with Crippen LogP contribution in [0.2, 0.25) is 0 Å². The lowest BCUT2D eigenvalue weighted by atomic mass is 10.1. The average Bonchev–Trinajstić information content (AvgIpc) is 2.95. The van der Waals surface area contributed by atoms with Crippen molar-refractivity contribution in [2.45, 2.75) is 25.3 Å². The van der Waals surface area contributed by atoms with Crippen molar-refractivity contribution < 1.29 is 24.2 Å². The predicted molar refractivity (Wildman–Crippen MR) is 83.0 cm³/mol. The number of rotatable bonds is 5. The van der Waals surface area contributed by atoms with E-state index in [2.05, 4.69) is 4.99 Å². The quantitative estimate of drug-likeness (QED) is 0.895. The van der Waals surface area contributed by atoms with Crippen LogP contribution in [-0.4, -0.2) is 54.4 Å². The Morgan fingerprint density at radius 2 is 2.26 bits per heavy atom. The number of aliphatic carboxylic acids is 1. The Bertz CT molecular complexity index is 671. The second kappa shape index (κ2) is 6.28. The van der Waals surface area contributed by atoms with Gasteiger partial charge in [0.05, 0.1) is 37.4 Å². The van der Waals surface area contributed by atoms with E-state index in [1.165, 1.54) is 7.11 Å². The first-order chi connectivity index (χ1) is 11.1. The highest BCUT2D eigenvalue weighted by atomic mass is 16.5. The van der Waals surface area contributed by atoms with Crippen LogP contribution in [0.3, 0.4) is 0 Å². The van der Waals surface area contributed by atoms with E-state index in [9.17, 15) is 9.59 Å². The number of ether oxygens (including phenoxy) is 2. The van der Waals surface area contributed by atoms with Crippen LogP contribution in [0.15, 0.2) is 17.1 Å². The van der Waals surface area contributed by atoms with Gasteiger partial charge in [-0.05, 0) is 18.9 Å². The molecule has 1 aromatic carbocycles. The first-order valence-electron chi connectivity index (χ1n) is 7.52. The van der Waals surface area contributed by atoms with E-state index in [-0.39, 0.29) is 25.0 Å². The van der Waals surface area contributed by atoms with E-state index in [0.717, 1.165) is 19.4 Å². The van der Waals surface area contributed by atoms with Crippen molar-refractivity contribution in [1.29, 1.82) is 0 Å². The molecule has 1 N–H and O–H groups in total. The molecule has 1 aromatic rings. The van der Waals surface area contributed by atoms with Crippen LogP contribution in [0.25, 0.3) is 0 Å². The Balaban J connectivity index is 1.92. The largest absolute Gasteiger partial charge is 0.493 e. The van der Waals surface area contributed by atoms with Gasteiger partial charge in [-0.3, -0.25) is 14.6 Å². The molecule has 0 aliphatic carbocycles. The van der Waals surface area contributed by atoms with Crippen molar-refractivity contribution >= 4 is 23.8 Å². The zero-order chi connectivity index (χ0) is 16.4. The smallest absolute Gasteiger partial charge is 0.306 e. The molecule has 0 bridgehead atoms. The summed E-state index contributed by atoms with van der Waals surface area (Å²) in [5.41, 5.74) is 1.00. The van der Waals surface area contributed by atoms with Crippen molar-refractivity contribution in [3.05, 3.63) is 17.7 Å². The van der Waals surface area contributed by atoms with Gasteiger partial charge in [0.25, 0.3) is 5.91 Å². The van der Waals surface area contributed by atoms with Crippen LogP contribution in [0.4, 0.5) is 5.69 Å². The summed E-state index contributed by atoms with van der Waals surface area (Å²) in [5, 5.41) is 8.69. The highest BCUT2D eigenvalue weighted by molar-refractivity contribution is 6.03. The maximum atomic E-state index is 12.7. The molecule has 23 heavy (non-hydrogen) atoms. The third-order valence-electron chi connectivity index (χ3n) is 4.03. The molecule has 0 saturated carbocycles. The standard InChI is InChI=1S/C16H18N2O5/c1-22-13-7-11-12(8-14(13)23-6-4-15(19)20)17-9-10-3-2-5-18(10)16(11)21/h7-10H,2-6H2,1H3,(H,19,20)/t10-/m0/s1. The predicted octanol–water partition coefficient (Wildman–Crippen LogP) is 1.87. The number of carbonyl (C=O) groups excluding carboxylic acids is 1. The molecular weight excluding hydrogens is 300 g/mol. The maximum absolute atomic E-state index is 12.7.